The number of likely N-dealkylation sites (N-methyl/N-ethyl adjacent to an activating group) is 1. The molecule has 0 spiro atoms. The van der Waals surface area contributed by atoms with E-state index in [9.17, 15) is 4.79 Å². The summed E-state index contributed by atoms with van der Waals surface area (Å²) >= 11 is 1.58. The van der Waals surface area contributed by atoms with Gasteiger partial charge in [0.15, 0.2) is 6.17 Å². The number of nitriles is 1. The van der Waals surface area contributed by atoms with Crippen molar-refractivity contribution in [1.82, 2.24) is 10.4 Å². The summed E-state index contributed by atoms with van der Waals surface area (Å²) in [5.74, 6) is -0.386. The van der Waals surface area contributed by atoms with Crippen molar-refractivity contribution in [1.29, 1.82) is 5.26 Å². The van der Waals surface area contributed by atoms with Crippen LogP contribution in [0, 0.1) is 11.3 Å². The first-order chi connectivity index (χ1) is 11.6. The predicted octanol–water partition coefficient (Wildman–Crippen LogP) is 2.06. The van der Waals surface area contributed by atoms with Crippen molar-refractivity contribution in [3.63, 3.8) is 0 Å². The summed E-state index contributed by atoms with van der Waals surface area (Å²) in [7, 11) is 3.03. The fourth-order valence-electron chi connectivity index (χ4n) is 2.32. The van der Waals surface area contributed by atoms with Gasteiger partial charge >= 0.3 is 5.97 Å². The summed E-state index contributed by atoms with van der Waals surface area (Å²) in [6, 6.07) is 13.1. The molecule has 0 radical (unpaired) electrons. The summed E-state index contributed by atoms with van der Waals surface area (Å²) in [6.45, 7) is 0. The van der Waals surface area contributed by atoms with E-state index in [4.69, 9.17) is 10.00 Å². The zero-order valence-electron chi connectivity index (χ0n) is 13.1. The van der Waals surface area contributed by atoms with Gasteiger partial charge in [-0.05, 0) is 35.7 Å². The normalized spacial score (nSPS) is 17.2. The van der Waals surface area contributed by atoms with Gasteiger partial charge in [0.2, 0.25) is 5.84 Å². The number of nitrogens with one attached hydrogen (secondary N) is 1. The van der Waals surface area contributed by atoms with Gasteiger partial charge in [-0.2, -0.15) is 5.26 Å². The molecule has 0 saturated heterocycles. The fraction of sp³-hybridized carbons (Fsp3) is 0.188. The number of amidine groups is 1. The minimum absolute atomic E-state index is 0.148. The second-order valence-corrected chi connectivity index (χ2v) is 6.00. The number of carbonyl (C=O) groups excluding carboxylic acids is 1. The number of nitrogens with zero attached hydrogens (tertiary/aromatic N) is 4. The Morgan fingerprint density at radius 3 is 2.71 bits per heavy atom. The number of thiophene rings is 1. The Kier molecular flexibility index (Phi) is 4.46. The van der Waals surface area contributed by atoms with Crippen LogP contribution in [0.1, 0.15) is 16.6 Å². The Morgan fingerprint density at radius 1 is 1.38 bits per heavy atom. The highest BCUT2D eigenvalue weighted by Gasteiger charge is 2.32. The number of rotatable bonds is 3. The van der Waals surface area contributed by atoms with Crippen LogP contribution in [0.2, 0.25) is 0 Å². The maximum absolute atomic E-state index is 11.9. The van der Waals surface area contributed by atoms with Gasteiger partial charge in [-0.1, -0.05) is 6.07 Å². The quantitative estimate of drug-likeness (QED) is 0.861. The average molecular weight is 341 g/mol. The highest BCUT2D eigenvalue weighted by molar-refractivity contribution is 7.10. The van der Waals surface area contributed by atoms with Crippen molar-refractivity contribution in [2.45, 2.75) is 6.17 Å². The summed E-state index contributed by atoms with van der Waals surface area (Å²) in [6.07, 6.45) is -0.267. The fourth-order valence-corrected chi connectivity index (χ4v) is 3.07. The van der Waals surface area contributed by atoms with Crippen LogP contribution in [-0.4, -0.2) is 31.0 Å². The molecule has 122 valence electrons. The molecule has 2 aromatic rings. The number of esters is 1. The molecular weight excluding hydrogens is 326 g/mol. The second kappa shape index (κ2) is 6.70. The van der Waals surface area contributed by atoms with Gasteiger partial charge < -0.3 is 4.74 Å². The molecule has 1 aromatic carbocycles. The molecule has 1 aliphatic heterocycles. The van der Waals surface area contributed by atoms with Crippen molar-refractivity contribution < 1.29 is 9.53 Å². The molecule has 1 atom stereocenters. The summed E-state index contributed by atoms with van der Waals surface area (Å²) in [5, 5.41) is 18.7. The third-order valence-electron chi connectivity index (χ3n) is 3.52. The molecule has 0 aliphatic carbocycles. The van der Waals surface area contributed by atoms with Gasteiger partial charge in [0, 0.05) is 11.9 Å². The minimum atomic E-state index is -0.534. The van der Waals surface area contributed by atoms with Crippen molar-refractivity contribution in [3.8, 4) is 6.07 Å². The van der Waals surface area contributed by atoms with Gasteiger partial charge in [0.05, 0.1) is 24.4 Å². The van der Waals surface area contributed by atoms with Crippen LogP contribution in [0.25, 0.3) is 0 Å². The largest absolute Gasteiger partial charge is 0.463 e. The SMILES string of the molecule is COC(=O)C1=NN(c2ccc(C#N)cc2)C(c2cccs2)NN1C. The molecule has 0 fully saturated rings. The molecule has 8 heteroatoms. The lowest BCUT2D eigenvalue weighted by Crippen LogP contribution is -2.54. The van der Waals surface area contributed by atoms with Crippen molar-refractivity contribution in [2.75, 3.05) is 19.2 Å². The topological polar surface area (TPSA) is 81.0 Å². The van der Waals surface area contributed by atoms with E-state index in [1.54, 1.807) is 52.7 Å². The smallest absolute Gasteiger partial charge is 0.377 e. The number of benzene rings is 1. The maximum Gasteiger partial charge on any atom is 0.377 e. The minimum Gasteiger partial charge on any atom is -0.463 e. The van der Waals surface area contributed by atoms with Crippen LogP contribution < -0.4 is 10.4 Å². The molecule has 1 aliphatic rings. The van der Waals surface area contributed by atoms with E-state index in [2.05, 4.69) is 16.6 Å². The Bertz CT molecular complexity index is 795. The number of ether oxygens (including phenoxy) is 1. The third-order valence-corrected chi connectivity index (χ3v) is 4.45. The molecule has 2 heterocycles. The lowest BCUT2D eigenvalue weighted by molar-refractivity contribution is -0.133. The van der Waals surface area contributed by atoms with Gasteiger partial charge in [-0.15, -0.1) is 16.4 Å². The molecule has 1 aromatic heterocycles. The van der Waals surface area contributed by atoms with Gasteiger partial charge in [0.1, 0.15) is 0 Å². The summed E-state index contributed by atoms with van der Waals surface area (Å²) in [4.78, 5) is 13.0. The van der Waals surface area contributed by atoms with Gasteiger partial charge in [0.25, 0.3) is 0 Å². The molecule has 24 heavy (non-hydrogen) atoms. The van der Waals surface area contributed by atoms with Crippen molar-refractivity contribution in [3.05, 3.63) is 52.2 Å². The van der Waals surface area contributed by atoms with Crippen LogP contribution in [-0.2, 0) is 9.53 Å². The van der Waals surface area contributed by atoms with E-state index in [-0.39, 0.29) is 12.0 Å². The second-order valence-electron chi connectivity index (χ2n) is 5.02. The molecule has 1 unspecified atom stereocenters. The van der Waals surface area contributed by atoms with Gasteiger partial charge in [-0.25, -0.2) is 15.2 Å². The van der Waals surface area contributed by atoms with E-state index < -0.39 is 5.97 Å². The standard InChI is InChI=1S/C16H15N5O2S/c1-20-15(16(22)23-2)19-21(12-7-5-11(10-17)6-8-12)14(18-20)13-4-3-9-24-13/h3-9,14,18H,1-2H3. The number of methoxy groups -OCH3 is 1. The number of hydrazine groups is 1. The molecule has 0 saturated carbocycles. The first kappa shape index (κ1) is 16.0. The number of hydrazone groups is 1. The number of carbonyl (C=O) groups is 1. The summed E-state index contributed by atoms with van der Waals surface area (Å²) in [5.41, 5.74) is 4.55. The first-order valence-electron chi connectivity index (χ1n) is 7.13. The zero-order chi connectivity index (χ0) is 17.1. The monoisotopic (exact) mass is 341 g/mol. The van der Waals surface area contributed by atoms with E-state index >= 15 is 0 Å². The van der Waals surface area contributed by atoms with Crippen LogP contribution in [0.5, 0.6) is 0 Å². The molecule has 0 amide bonds. The van der Waals surface area contributed by atoms with Crippen LogP contribution >= 0.6 is 11.3 Å². The number of hydrogen-bond donors (Lipinski definition) is 1. The van der Waals surface area contributed by atoms with E-state index in [1.165, 1.54) is 7.11 Å². The molecular formula is C16H15N5O2S. The van der Waals surface area contributed by atoms with Crippen LogP contribution in [0.4, 0.5) is 5.69 Å². The van der Waals surface area contributed by atoms with Crippen molar-refractivity contribution in [2.24, 2.45) is 5.10 Å². The predicted molar refractivity (Wildman–Crippen MR) is 91.0 cm³/mol. The third kappa shape index (κ3) is 2.95. The lowest BCUT2D eigenvalue weighted by Gasteiger charge is -2.38. The van der Waals surface area contributed by atoms with Gasteiger partial charge in [-0.3, -0.25) is 5.01 Å². The Labute approximate surface area is 143 Å². The first-order valence-corrected chi connectivity index (χ1v) is 8.01. The van der Waals surface area contributed by atoms with E-state index in [0.717, 1.165) is 10.6 Å². The number of anilines is 1. The molecule has 0 bridgehead atoms. The van der Waals surface area contributed by atoms with Crippen LogP contribution in [0.3, 0.4) is 0 Å². The number of hydrogen-bond acceptors (Lipinski definition) is 8. The van der Waals surface area contributed by atoms with Crippen molar-refractivity contribution >= 4 is 28.8 Å². The zero-order valence-corrected chi connectivity index (χ0v) is 13.9. The average Bonchev–Trinajstić information content (AvgIpc) is 3.15. The summed E-state index contributed by atoms with van der Waals surface area (Å²) < 4.78 is 4.79. The Hall–Kier alpha value is -2.89. The maximum atomic E-state index is 11.9. The Balaban J connectivity index is 2.05. The van der Waals surface area contributed by atoms with E-state index in [1.807, 2.05) is 17.5 Å². The molecule has 1 N–H and O–H groups in total. The van der Waals surface area contributed by atoms with E-state index in [0.29, 0.717) is 5.56 Å². The highest BCUT2D eigenvalue weighted by Crippen LogP contribution is 2.31. The highest BCUT2D eigenvalue weighted by atomic mass is 32.1. The lowest BCUT2D eigenvalue weighted by atomic mass is 10.2. The Morgan fingerprint density at radius 2 is 2.12 bits per heavy atom. The molecule has 7 nitrogen and oxygen atoms in total. The van der Waals surface area contributed by atoms with Crippen LogP contribution in [0.15, 0.2) is 46.9 Å². The molecule has 3 rings (SSSR count).